The maximum absolute atomic E-state index is 10.0. The van der Waals surface area contributed by atoms with Crippen LogP contribution >= 0.6 is 0 Å². The zero-order valence-electron chi connectivity index (χ0n) is 10.9. The van der Waals surface area contributed by atoms with E-state index < -0.39 is 0 Å². The fourth-order valence-corrected chi connectivity index (χ4v) is 2.70. The monoisotopic (exact) mass is 233 g/mol. The van der Waals surface area contributed by atoms with Gasteiger partial charge in [-0.1, -0.05) is 42.7 Å². The lowest BCUT2D eigenvalue weighted by Gasteiger charge is -2.35. The number of hydrogen-bond acceptors (Lipinski definition) is 2. The molecule has 1 fully saturated rings. The molecule has 1 saturated carbocycles. The molecule has 0 amide bonds. The SMILES string of the molecule is Cc1ccc(CN(C)[C@H]2CCCC[C@@H]2O)cc1. The summed E-state index contributed by atoms with van der Waals surface area (Å²) in [5.41, 5.74) is 2.63. The first-order valence-corrected chi connectivity index (χ1v) is 6.60. The summed E-state index contributed by atoms with van der Waals surface area (Å²) in [5.74, 6) is 0. The van der Waals surface area contributed by atoms with Gasteiger partial charge in [0.15, 0.2) is 0 Å². The molecule has 0 aromatic heterocycles. The van der Waals surface area contributed by atoms with E-state index in [4.69, 9.17) is 0 Å². The third-order valence-electron chi connectivity index (χ3n) is 3.81. The molecular formula is C15H23NO. The lowest BCUT2D eigenvalue weighted by Crippen LogP contribution is -2.42. The van der Waals surface area contributed by atoms with Crippen LogP contribution in [0.3, 0.4) is 0 Å². The number of rotatable bonds is 3. The topological polar surface area (TPSA) is 23.5 Å². The van der Waals surface area contributed by atoms with Crippen molar-refractivity contribution in [3.63, 3.8) is 0 Å². The van der Waals surface area contributed by atoms with Gasteiger partial charge in [0.25, 0.3) is 0 Å². The van der Waals surface area contributed by atoms with Gasteiger partial charge in [-0.05, 0) is 32.4 Å². The molecule has 0 aliphatic heterocycles. The summed E-state index contributed by atoms with van der Waals surface area (Å²) in [5, 5.41) is 10.0. The van der Waals surface area contributed by atoms with Crippen LogP contribution in [0.25, 0.3) is 0 Å². The highest BCUT2D eigenvalue weighted by molar-refractivity contribution is 5.21. The van der Waals surface area contributed by atoms with Crippen molar-refractivity contribution in [2.75, 3.05) is 7.05 Å². The second-order valence-electron chi connectivity index (χ2n) is 5.32. The second-order valence-corrected chi connectivity index (χ2v) is 5.32. The Morgan fingerprint density at radius 3 is 2.47 bits per heavy atom. The van der Waals surface area contributed by atoms with Crippen molar-refractivity contribution in [1.29, 1.82) is 0 Å². The number of likely N-dealkylation sites (N-methyl/N-ethyl adjacent to an activating group) is 1. The van der Waals surface area contributed by atoms with E-state index in [0.717, 1.165) is 19.4 Å². The van der Waals surface area contributed by atoms with Crippen LogP contribution in [0.1, 0.15) is 36.8 Å². The van der Waals surface area contributed by atoms with E-state index in [-0.39, 0.29) is 6.10 Å². The van der Waals surface area contributed by atoms with Crippen molar-refractivity contribution in [1.82, 2.24) is 4.90 Å². The van der Waals surface area contributed by atoms with E-state index >= 15 is 0 Å². The summed E-state index contributed by atoms with van der Waals surface area (Å²) >= 11 is 0. The Morgan fingerprint density at radius 1 is 1.18 bits per heavy atom. The van der Waals surface area contributed by atoms with Gasteiger partial charge in [-0.15, -0.1) is 0 Å². The molecule has 2 heteroatoms. The molecule has 2 rings (SSSR count). The molecule has 0 bridgehead atoms. The number of aryl methyl sites for hydroxylation is 1. The average Bonchev–Trinajstić information content (AvgIpc) is 2.32. The molecule has 0 saturated heterocycles. The normalized spacial score (nSPS) is 25.2. The van der Waals surface area contributed by atoms with Gasteiger partial charge in [0, 0.05) is 12.6 Å². The van der Waals surface area contributed by atoms with Gasteiger partial charge in [-0.3, -0.25) is 4.90 Å². The van der Waals surface area contributed by atoms with E-state index in [1.807, 2.05) is 0 Å². The molecule has 0 radical (unpaired) electrons. The number of aliphatic hydroxyl groups excluding tert-OH is 1. The average molecular weight is 233 g/mol. The standard InChI is InChI=1S/C15H23NO/c1-12-7-9-13(10-8-12)11-16(2)14-5-3-4-6-15(14)17/h7-10,14-15,17H,3-6,11H2,1-2H3/t14-,15-/m0/s1. The summed E-state index contributed by atoms with van der Waals surface area (Å²) < 4.78 is 0. The number of nitrogens with zero attached hydrogens (tertiary/aromatic N) is 1. The molecule has 1 aromatic carbocycles. The molecule has 1 N–H and O–H groups in total. The van der Waals surface area contributed by atoms with Crippen molar-refractivity contribution >= 4 is 0 Å². The molecule has 2 nitrogen and oxygen atoms in total. The van der Waals surface area contributed by atoms with Crippen molar-refractivity contribution in [2.24, 2.45) is 0 Å². The molecule has 1 aliphatic carbocycles. The van der Waals surface area contributed by atoms with E-state index in [1.54, 1.807) is 0 Å². The van der Waals surface area contributed by atoms with E-state index in [0.29, 0.717) is 6.04 Å². The van der Waals surface area contributed by atoms with Crippen LogP contribution in [0.2, 0.25) is 0 Å². The zero-order chi connectivity index (χ0) is 12.3. The van der Waals surface area contributed by atoms with Crippen molar-refractivity contribution in [3.05, 3.63) is 35.4 Å². The minimum absolute atomic E-state index is 0.140. The van der Waals surface area contributed by atoms with Gasteiger partial charge in [0.05, 0.1) is 6.10 Å². The molecule has 1 aliphatic rings. The predicted octanol–water partition coefficient (Wildman–Crippen LogP) is 2.73. The predicted molar refractivity (Wildman–Crippen MR) is 70.9 cm³/mol. The van der Waals surface area contributed by atoms with E-state index in [9.17, 15) is 5.11 Å². The highest BCUT2D eigenvalue weighted by Gasteiger charge is 2.26. The third-order valence-corrected chi connectivity index (χ3v) is 3.81. The number of hydrogen-bond donors (Lipinski definition) is 1. The fourth-order valence-electron chi connectivity index (χ4n) is 2.70. The molecule has 0 spiro atoms. The van der Waals surface area contributed by atoms with Gasteiger partial charge in [0.1, 0.15) is 0 Å². The first-order valence-electron chi connectivity index (χ1n) is 6.60. The quantitative estimate of drug-likeness (QED) is 0.867. The molecule has 0 heterocycles. The van der Waals surface area contributed by atoms with Crippen LogP contribution in [-0.2, 0) is 6.54 Å². The summed E-state index contributed by atoms with van der Waals surface area (Å²) in [7, 11) is 2.12. The van der Waals surface area contributed by atoms with Crippen LogP contribution in [0.4, 0.5) is 0 Å². The van der Waals surface area contributed by atoms with Gasteiger partial charge in [-0.2, -0.15) is 0 Å². The minimum Gasteiger partial charge on any atom is -0.391 e. The smallest absolute Gasteiger partial charge is 0.0695 e. The molecule has 2 atom stereocenters. The number of benzene rings is 1. The lowest BCUT2D eigenvalue weighted by atomic mass is 9.91. The Hall–Kier alpha value is -0.860. The first-order chi connectivity index (χ1) is 8.16. The van der Waals surface area contributed by atoms with Crippen molar-refractivity contribution in [3.8, 4) is 0 Å². The summed E-state index contributed by atoms with van der Waals surface area (Å²) in [6, 6.07) is 9.01. The minimum atomic E-state index is -0.140. The Kier molecular flexibility index (Phi) is 4.19. The summed E-state index contributed by atoms with van der Waals surface area (Å²) in [6.45, 7) is 3.04. The van der Waals surface area contributed by atoms with E-state index in [2.05, 4.69) is 43.1 Å². The Bertz CT molecular complexity index is 346. The molecule has 0 unspecified atom stereocenters. The second kappa shape index (κ2) is 5.65. The maximum atomic E-state index is 10.0. The first kappa shape index (κ1) is 12.6. The molecule has 94 valence electrons. The highest BCUT2D eigenvalue weighted by atomic mass is 16.3. The molecule has 1 aromatic rings. The van der Waals surface area contributed by atoms with Crippen molar-refractivity contribution in [2.45, 2.75) is 51.3 Å². The van der Waals surface area contributed by atoms with Gasteiger partial charge < -0.3 is 5.11 Å². The van der Waals surface area contributed by atoms with E-state index in [1.165, 1.54) is 24.0 Å². The van der Waals surface area contributed by atoms with Crippen LogP contribution in [0, 0.1) is 6.92 Å². The number of aliphatic hydroxyl groups is 1. The summed E-state index contributed by atoms with van der Waals surface area (Å²) in [4.78, 5) is 2.30. The Labute approximate surface area is 104 Å². The Balaban J connectivity index is 1.95. The van der Waals surface area contributed by atoms with Crippen LogP contribution in [0.15, 0.2) is 24.3 Å². The third kappa shape index (κ3) is 3.30. The zero-order valence-corrected chi connectivity index (χ0v) is 10.9. The van der Waals surface area contributed by atoms with Gasteiger partial charge in [0.2, 0.25) is 0 Å². The highest BCUT2D eigenvalue weighted by Crippen LogP contribution is 2.23. The fraction of sp³-hybridized carbons (Fsp3) is 0.600. The summed E-state index contributed by atoms with van der Waals surface area (Å²) in [6.07, 6.45) is 4.38. The van der Waals surface area contributed by atoms with Crippen LogP contribution < -0.4 is 0 Å². The molecule has 17 heavy (non-hydrogen) atoms. The largest absolute Gasteiger partial charge is 0.391 e. The lowest BCUT2D eigenvalue weighted by molar-refractivity contribution is 0.0288. The van der Waals surface area contributed by atoms with Crippen LogP contribution in [-0.4, -0.2) is 29.2 Å². The molecular weight excluding hydrogens is 210 g/mol. The van der Waals surface area contributed by atoms with Gasteiger partial charge >= 0.3 is 0 Å². The van der Waals surface area contributed by atoms with Crippen LogP contribution in [0.5, 0.6) is 0 Å². The maximum Gasteiger partial charge on any atom is 0.0695 e. The Morgan fingerprint density at radius 2 is 1.82 bits per heavy atom. The van der Waals surface area contributed by atoms with Crippen molar-refractivity contribution < 1.29 is 5.11 Å². The van der Waals surface area contributed by atoms with Gasteiger partial charge in [-0.25, -0.2) is 0 Å².